The Labute approximate surface area is 200 Å². The predicted octanol–water partition coefficient (Wildman–Crippen LogP) is 5.95. The van der Waals surface area contributed by atoms with E-state index < -0.39 is 18.1 Å². The van der Waals surface area contributed by atoms with E-state index in [1.807, 2.05) is 60.7 Å². The largest absolute Gasteiger partial charge is 0.480 e. The number of unbranched alkanes of at least 4 members (excludes halogenated alkanes) is 2. The molecule has 0 saturated heterocycles. The second-order valence-electron chi connectivity index (χ2n) is 8.84. The molecule has 0 aromatic heterocycles. The molecule has 1 atom stereocenters. The monoisotopic (exact) mass is 457 g/mol. The fourth-order valence-corrected chi connectivity index (χ4v) is 4.64. The molecule has 0 spiro atoms. The highest BCUT2D eigenvalue weighted by Gasteiger charge is 2.29. The summed E-state index contributed by atoms with van der Waals surface area (Å²) in [6, 6.07) is 23.1. The fraction of sp³-hybridized carbons (Fsp3) is 0.310. The average molecular weight is 458 g/mol. The molecule has 3 aromatic carbocycles. The van der Waals surface area contributed by atoms with Crippen molar-refractivity contribution in [1.29, 1.82) is 0 Å². The van der Waals surface area contributed by atoms with Crippen molar-refractivity contribution in [1.82, 2.24) is 5.32 Å². The minimum absolute atomic E-state index is 0.0679. The Bertz CT molecular complexity index is 1090. The smallest absolute Gasteiger partial charge is 0.407 e. The van der Waals surface area contributed by atoms with Crippen LogP contribution in [0.4, 0.5) is 4.79 Å². The molecule has 5 heteroatoms. The van der Waals surface area contributed by atoms with E-state index in [1.54, 1.807) is 0 Å². The second kappa shape index (κ2) is 11.0. The molecule has 1 unspecified atom stereocenters. The van der Waals surface area contributed by atoms with Crippen LogP contribution in [0.25, 0.3) is 11.1 Å². The molecule has 0 radical (unpaired) electrons. The van der Waals surface area contributed by atoms with Crippen molar-refractivity contribution in [3.05, 3.63) is 95.1 Å². The Morgan fingerprint density at radius 3 is 2.06 bits per heavy atom. The van der Waals surface area contributed by atoms with Crippen molar-refractivity contribution in [3.63, 3.8) is 0 Å². The van der Waals surface area contributed by atoms with Crippen LogP contribution in [0.1, 0.15) is 54.4 Å². The summed E-state index contributed by atoms with van der Waals surface area (Å²) in [5.74, 6) is -1.15. The van der Waals surface area contributed by atoms with Crippen LogP contribution in [0, 0.1) is 0 Å². The van der Waals surface area contributed by atoms with E-state index in [0.717, 1.165) is 40.7 Å². The molecule has 1 aliphatic rings. The Morgan fingerprint density at radius 1 is 0.882 bits per heavy atom. The van der Waals surface area contributed by atoms with Crippen LogP contribution < -0.4 is 5.32 Å². The first-order chi connectivity index (χ1) is 16.6. The van der Waals surface area contributed by atoms with E-state index in [4.69, 9.17) is 4.74 Å². The first kappa shape index (κ1) is 23.6. The van der Waals surface area contributed by atoms with Crippen LogP contribution >= 0.6 is 0 Å². The summed E-state index contributed by atoms with van der Waals surface area (Å²) in [7, 11) is 0. The summed E-state index contributed by atoms with van der Waals surface area (Å²) in [5.41, 5.74) is 6.64. The van der Waals surface area contributed by atoms with Crippen LogP contribution in [0.3, 0.4) is 0 Å². The molecule has 0 fully saturated rings. The summed E-state index contributed by atoms with van der Waals surface area (Å²) in [5, 5.41) is 12.2. The number of benzene rings is 3. The average Bonchev–Trinajstić information content (AvgIpc) is 3.17. The lowest BCUT2D eigenvalue weighted by Gasteiger charge is -2.17. The van der Waals surface area contributed by atoms with E-state index >= 15 is 0 Å². The van der Waals surface area contributed by atoms with Crippen molar-refractivity contribution >= 4 is 12.1 Å². The van der Waals surface area contributed by atoms with Crippen molar-refractivity contribution in [2.24, 2.45) is 0 Å². The summed E-state index contributed by atoms with van der Waals surface area (Å²) in [4.78, 5) is 24.3. The van der Waals surface area contributed by atoms with E-state index in [2.05, 4.69) is 24.4 Å². The highest BCUT2D eigenvalue weighted by atomic mass is 16.5. The zero-order chi connectivity index (χ0) is 23.9. The third-order valence-corrected chi connectivity index (χ3v) is 6.47. The van der Waals surface area contributed by atoms with E-state index in [9.17, 15) is 14.7 Å². The molecule has 0 heterocycles. The highest BCUT2D eigenvalue weighted by molar-refractivity contribution is 5.81. The number of alkyl carbamates (subject to hydrolysis) is 1. The number of hydrogen-bond acceptors (Lipinski definition) is 3. The van der Waals surface area contributed by atoms with Gasteiger partial charge in [-0.3, -0.25) is 0 Å². The summed E-state index contributed by atoms with van der Waals surface area (Å²) in [6.07, 6.45) is 4.04. The van der Waals surface area contributed by atoms with Crippen LogP contribution in [0.5, 0.6) is 0 Å². The van der Waals surface area contributed by atoms with Gasteiger partial charge in [-0.05, 0) is 46.2 Å². The fourth-order valence-electron chi connectivity index (χ4n) is 4.64. The van der Waals surface area contributed by atoms with Crippen molar-refractivity contribution < 1.29 is 19.4 Å². The third-order valence-electron chi connectivity index (χ3n) is 6.47. The maximum Gasteiger partial charge on any atom is 0.407 e. The number of ether oxygens (including phenoxy) is 1. The SMILES string of the molecule is CCCCCc1ccc(CC(NC(=O)OCC2c3ccccc3-c3ccccc32)C(=O)O)cc1. The van der Waals surface area contributed by atoms with Gasteiger partial charge in [-0.2, -0.15) is 0 Å². The normalized spacial score (nSPS) is 13.1. The molecule has 0 bridgehead atoms. The maximum atomic E-state index is 12.5. The standard InChI is InChI=1S/C29H31NO4/c1-2-3-4-9-20-14-16-21(17-15-20)18-27(28(31)32)30-29(33)34-19-26-24-12-7-5-10-22(24)23-11-6-8-13-25(23)26/h5-8,10-17,26-27H,2-4,9,18-19H2,1H3,(H,30,33)(H,31,32). The van der Waals surface area contributed by atoms with E-state index in [0.29, 0.717) is 0 Å². The first-order valence-electron chi connectivity index (χ1n) is 12.0. The third kappa shape index (κ3) is 5.48. The van der Waals surface area contributed by atoms with Gasteiger partial charge in [0.15, 0.2) is 0 Å². The number of carboxylic acid groups (broad SMARTS) is 1. The number of carbonyl (C=O) groups is 2. The van der Waals surface area contributed by atoms with Gasteiger partial charge in [0.25, 0.3) is 0 Å². The number of carbonyl (C=O) groups excluding carboxylic acids is 1. The summed E-state index contributed by atoms with van der Waals surface area (Å²) >= 11 is 0. The van der Waals surface area contributed by atoms with Gasteiger partial charge in [0.1, 0.15) is 12.6 Å². The number of nitrogens with one attached hydrogen (secondary N) is 1. The number of aliphatic carboxylic acids is 1. The Kier molecular flexibility index (Phi) is 7.63. The molecular weight excluding hydrogens is 426 g/mol. The molecule has 1 amide bonds. The van der Waals surface area contributed by atoms with Gasteiger partial charge in [0, 0.05) is 12.3 Å². The van der Waals surface area contributed by atoms with Gasteiger partial charge in [-0.15, -0.1) is 0 Å². The zero-order valence-corrected chi connectivity index (χ0v) is 19.5. The number of rotatable bonds is 10. The lowest BCUT2D eigenvalue weighted by Crippen LogP contribution is -2.42. The predicted molar refractivity (Wildman–Crippen MR) is 133 cm³/mol. The van der Waals surface area contributed by atoms with Gasteiger partial charge >= 0.3 is 12.1 Å². The molecule has 0 aliphatic heterocycles. The van der Waals surface area contributed by atoms with Gasteiger partial charge in [-0.25, -0.2) is 9.59 Å². The second-order valence-corrected chi connectivity index (χ2v) is 8.84. The van der Waals surface area contributed by atoms with Crippen LogP contribution in [-0.2, 0) is 22.4 Å². The minimum Gasteiger partial charge on any atom is -0.480 e. The summed E-state index contributed by atoms with van der Waals surface area (Å²) < 4.78 is 5.52. The Balaban J connectivity index is 1.35. The van der Waals surface area contributed by atoms with Crippen molar-refractivity contribution in [2.75, 3.05) is 6.61 Å². The number of hydrogen-bond donors (Lipinski definition) is 2. The number of amides is 1. The van der Waals surface area contributed by atoms with E-state index in [1.165, 1.54) is 18.4 Å². The number of fused-ring (bicyclic) bond motifs is 3. The topological polar surface area (TPSA) is 75.6 Å². The minimum atomic E-state index is -1.08. The molecule has 2 N–H and O–H groups in total. The molecule has 3 aromatic rings. The van der Waals surface area contributed by atoms with Gasteiger partial charge in [-0.1, -0.05) is 92.6 Å². The highest BCUT2D eigenvalue weighted by Crippen LogP contribution is 2.44. The quantitative estimate of drug-likeness (QED) is 0.369. The molecule has 34 heavy (non-hydrogen) atoms. The molecule has 4 rings (SSSR count). The molecule has 0 saturated carbocycles. The lowest BCUT2D eigenvalue weighted by atomic mass is 9.98. The Morgan fingerprint density at radius 2 is 1.47 bits per heavy atom. The van der Waals surface area contributed by atoms with Gasteiger partial charge in [0.2, 0.25) is 0 Å². The van der Waals surface area contributed by atoms with Crippen LogP contribution in [-0.4, -0.2) is 29.8 Å². The van der Waals surface area contributed by atoms with Crippen molar-refractivity contribution in [2.45, 2.75) is 51.0 Å². The molecule has 1 aliphatic carbocycles. The lowest BCUT2D eigenvalue weighted by molar-refractivity contribution is -0.139. The molecule has 176 valence electrons. The maximum absolute atomic E-state index is 12.5. The van der Waals surface area contributed by atoms with Crippen LogP contribution in [0.2, 0.25) is 0 Å². The summed E-state index contributed by atoms with van der Waals surface area (Å²) in [6.45, 7) is 2.33. The molecule has 5 nitrogen and oxygen atoms in total. The number of aryl methyl sites for hydroxylation is 1. The Hall–Kier alpha value is -3.60. The zero-order valence-electron chi connectivity index (χ0n) is 19.5. The first-order valence-corrected chi connectivity index (χ1v) is 12.0. The van der Waals surface area contributed by atoms with Crippen molar-refractivity contribution in [3.8, 4) is 11.1 Å². The van der Waals surface area contributed by atoms with Crippen LogP contribution in [0.15, 0.2) is 72.8 Å². The van der Waals surface area contributed by atoms with Gasteiger partial charge < -0.3 is 15.2 Å². The molecular formula is C29H31NO4. The van der Waals surface area contributed by atoms with Gasteiger partial charge in [0.05, 0.1) is 0 Å². The van der Waals surface area contributed by atoms with E-state index in [-0.39, 0.29) is 18.9 Å². The number of carboxylic acids is 1.